The summed E-state index contributed by atoms with van der Waals surface area (Å²) in [6.07, 6.45) is 1.20. The third-order valence-corrected chi connectivity index (χ3v) is 5.84. The van der Waals surface area contributed by atoms with Crippen LogP contribution < -0.4 is 10.6 Å². The maximum absolute atomic E-state index is 13.2. The molecular formula is C23H25N3O3. The average molecular weight is 391 g/mol. The van der Waals surface area contributed by atoms with E-state index in [1.165, 1.54) is 6.07 Å². The molecule has 0 spiro atoms. The number of hydrogen-bond donors (Lipinski definition) is 2. The number of non-ortho nitro benzene ring substituents is 1. The van der Waals surface area contributed by atoms with Crippen LogP contribution in [0.25, 0.3) is 0 Å². The van der Waals surface area contributed by atoms with Crippen molar-refractivity contribution in [2.24, 2.45) is 5.41 Å². The van der Waals surface area contributed by atoms with Gasteiger partial charge in [0.25, 0.3) is 5.69 Å². The van der Waals surface area contributed by atoms with Crippen LogP contribution in [0.1, 0.15) is 49.4 Å². The Morgan fingerprint density at radius 3 is 2.45 bits per heavy atom. The molecule has 0 aromatic heterocycles. The van der Waals surface area contributed by atoms with Gasteiger partial charge in [-0.1, -0.05) is 26.0 Å². The molecule has 0 saturated heterocycles. The van der Waals surface area contributed by atoms with Crippen molar-refractivity contribution in [3.8, 4) is 0 Å². The van der Waals surface area contributed by atoms with Crippen molar-refractivity contribution in [1.29, 1.82) is 0 Å². The van der Waals surface area contributed by atoms with Gasteiger partial charge in [0.15, 0.2) is 5.78 Å². The number of hydrogen-bond acceptors (Lipinski definition) is 5. The van der Waals surface area contributed by atoms with Crippen LogP contribution in [0.5, 0.6) is 0 Å². The van der Waals surface area contributed by atoms with Gasteiger partial charge in [0.2, 0.25) is 0 Å². The number of nitro groups is 1. The molecule has 0 amide bonds. The van der Waals surface area contributed by atoms with Crippen molar-refractivity contribution in [3.63, 3.8) is 0 Å². The number of carbonyl (C=O) groups excluding carboxylic acids is 1. The zero-order valence-corrected chi connectivity index (χ0v) is 17.1. The largest absolute Gasteiger partial charge is 0.372 e. The van der Waals surface area contributed by atoms with Crippen LogP contribution in [0.15, 0.2) is 47.7 Å². The third-order valence-electron chi connectivity index (χ3n) is 5.84. The van der Waals surface area contributed by atoms with Gasteiger partial charge in [-0.3, -0.25) is 14.9 Å². The number of allylic oxidation sites excluding steroid dienone is 1. The second-order valence-corrected chi connectivity index (χ2v) is 8.87. The summed E-state index contributed by atoms with van der Waals surface area (Å²) < 4.78 is 0. The van der Waals surface area contributed by atoms with Gasteiger partial charge in [0.05, 0.1) is 22.3 Å². The molecule has 29 heavy (non-hydrogen) atoms. The minimum atomic E-state index is -0.440. The molecule has 4 rings (SSSR count). The maximum atomic E-state index is 13.2. The van der Waals surface area contributed by atoms with E-state index in [-0.39, 0.29) is 16.9 Å². The number of fused-ring (bicyclic) bond motifs is 1. The number of rotatable bonds is 2. The van der Waals surface area contributed by atoms with E-state index in [4.69, 9.17) is 0 Å². The number of anilines is 2. The zero-order valence-electron chi connectivity index (χ0n) is 17.1. The zero-order chi connectivity index (χ0) is 20.9. The summed E-state index contributed by atoms with van der Waals surface area (Å²) in [6, 6.07) is 10.3. The molecule has 6 nitrogen and oxygen atoms in total. The highest BCUT2D eigenvalue weighted by Crippen LogP contribution is 2.46. The highest BCUT2D eigenvalue weighted by molar-refractivity contribution is 6.01. The molecular weight excluding hydrogens is 366 g/mol. The van der Waals surface area contributed by atoms with Gasteiger partial charge in [-0.15, -0.1) is 0 Å². The van der Waals surface area contributed by atoms with Crippen molar-refractivity contribution < 1.29 is 9.72 Å². The van der Waals surface area contributed by atoms with Crippen molar-refractivity contribution in [2.45, 2.75) is 46.6 Å². The lowest BCUT2D eigenvalue weighted by Gasteiger charge is -2.34. The first-order valence-corrected chi connectivity index (χ1v) is 9.80. The molecule has 0 bridgehead atoms. The number of nitro benzene ring substituents is 1. The highest BCUT2D eigenvalue weighted by atomic mass is 16.6. The third kappa shape index (κ3) is 3.50. The lowest BCUT2D eigenvalue weighted by molar-refractivity contribution is -0.384. The fourth-order valence-corrected chi connectivity index (χ4v) is 4.28. The molecule has 0 fully saturated rings. The fraction of sp³-hybridized carbons (Fsp3) is 0.348. The molecule has 0 saturated carbocycles. The van der Waals surface area contributed by atoms with Crippen LogP contribution in [-0.4, -0.2) is 10.7 Å². The minimum Gasteiger partial charge on any atom is -0.372 e. The predicted molar refractivity (Wildman–Crippen MR) is 114 cm³/mol. The van der Waals surface area contributed by atoms with E-state index in [9.17, 15) is 14.9 Å². The van der Waals surface area contributed by atoms with Crippen LogP contribution in [0.4, 0.5) is 17.1 Å². The van der Waals surface area contributed by atoms with Crippen molar-refractivity contribution in [2.75, 3.05) is 10.6 Å². The molecule has 1 heterocycles. The smallest absolute Gasteiger partial charge is 0.269 e. The summed E-state index contributed by atoms with van der Waals surface area (Å²) in [4.78, 5) is 24.1. The molecule has 2 N–H and O–H groups in total. The van der Waals surface area contributed by atoms with Gasteiger partial charge in [0.1, 0.15) is 0 Å². The first-order chi connectivity index (χ1) is 13.6. The van der Waals surface area contributed by atoms with Crippen LogP contribution in [0.3, 0.4) is 0 Å². The van der Waals surface area contributed by atoms with Crippen LogP contribution in [-0.2, 0) is 4.79 Å². The van der Waals surface area contributed by atoms with E-state index >= 15 is 0 Å². The van der Waals surface area contributed by atoms with Crippen LogP contribution >= 0.6 is 0 Å². The fourth-order valence-electron chi connectivity index (χ4n) is 4.28. The molecule has 6 heteroatoms. The normalized spacial score (nSPS) is 20.1. The molecule has 1 atom stereocenters. The Morgan fingerprint density at radius 1 is 1.07 bits per heavy atom. The number of nitrogens with one attached hydrogen (secondary N) is 2. The van der Waals surface area contributed by atoms with Gasteiger partial charge in [-0.25, -0.2) is 0 Å². The second-order valence-electron chi connectivity index (χ2n) is 8.87. The van der Waals surface area contributed by atoms with Gasteiger partial charge < -0.3 is 10.6 Å². The van der Waals surface area contributed by atoms with Crippen LogP contribution in [0, 0.1) is 29.4 Å². The van der Waals surface area contributed by atoms with E-state index in [1.54, 1.807) is 12.1 Å². The molecule has 1 aliphatic carbocycles. The molecule has 2 aromatic carbocycles. The van der Waals surface area contributed by atoms with E-state index in [0.717, 1.165) is 34.6 Å². The number of nitrogens with zero attached hydrogens (tertiary/aromatic N) is 1. The van der Waals surface area contributed by atoms with Crippen molar-refractivity contribution in [1.82, 2.24) is 0 Å². The molecule has 150 valence electrons. The summed E-state index contributed by atoms with van der Waals surface area (Å²) >= 11 is 0. The number of carbonyl (C=O) groups is 1. The summed E-state index contributed by atoms with van der Waals surface area (Å²) in [5.74, 6) is 0.0778. The SMILES string of the molecule is Cc1cc2c(cc1C)NC(c1cccc([N+](=O)[O-])c1)C1=C(CC(C)(C)CC1=O)N2. The average Bonchev–Trinajstić information content (AvgIpc) is 2.78. The van der Waals surface area contributed by atoms with Crippen LogP contribution in [0.2, 0.25) is 0 Å². The standard InChI is InChI=1S/C23H25N3O3/c1-13-8-17-18(9-14(13)2)25-22(15-6-5-7-16(10-15)26(28)29)21-19(24-17)11-23(3,4)12-20(21)27/h5-10,22,24-25H,11-12H2,1-4H3. The van der Waals surface area contributed by atoms with E-state index < -0.39 is 11.0 Å². The number of aryl methyl sites for hydroxylation is 2. The Bertz CT molecular complexity index is 1070. The summed E-state index contributed by atoms with van der Waals surface area (Å²) in [7, 11) is 0. The molecule has 2 aliphatic rings. The summed E-state index contributed by atoms with van der Waals surface area (Å²) in [5.41, 5.74) is 6.30. The molecule has 1 unspecified atom stereocenters. The van der Waals surface area contributed by atoms with Gasteiger partial charge in [0, 0.05) is 29.8 Å². The Labute approximate surface area is 170 Å². The second kappa shape index (κ2) is 6.72. The first-order valence-electron chi connectivity index (χ1n) is 9.80. The van der Waals surface area contributed by atoms with E-state index in [1.807, 2.05) is 13.0 Å². The molecule has 0 radical (unpaired) electrons. The van der Waals surface area contributed by atoms with Gasteiger partial charge in [-0.2, -0.15) is 0 Å². The first kappa shape index (κ1) is 19.2. The lowest BCUT2D eigenvalue weighted by Crippen LogP contribution is -2.31. The number of Topliss-reactive ketones (excluding diaryl/α,β-unsaturated/α-hetero) is 1. The lowest BCUT2D eigenvalue weighted by atomic mass is 9.73. The van der Waals surface area contributed by atoms with Crippen molar-refractivity contribution in [3.05, 3.63) is 74.5 Å². The van der Waals surface area contributed by atoms with Gasteiger partial charge in [-0.05, 0) is 54.5 Å². The predicted octanol–water partition coefficient (Wildman–Crippen LogP) is 5.43. The van der Waals surface area contributed by atoms with E-state index in [0.29, 0.717) is 17.6 Å². The maximum Gasteiger partial charge on any atom is 0.269 e. The summed E-state index contributed by atoms with van der Waals surface area (Å²) in [6.45, 7) is 8.30. The Hall–Kier alpha value is -3.15. The van der Waals surface area contributed by atoms with E-state index in [2.05, 4.69) is 43.5 Å². The highest BCUT2D eigenvalue weighted by Gasteiger charge is 2.39. The molecule has 1 aliphatic heterocycles. The van der Waals surface area contributed by atoms with Crippen molar-refractivity contribution >= 4 is 22.8 Å². The summed E-state index contributed by atoms with van der Waals surface area (Å²) in [5, 5.41) is 18.3. The monoisotopic (exact) mass is 391 g/mol. The number of benzene rings is 2. The Balaban J connectivity index is 1.91. The quantitative estimate of drug-likeness (QED) is 0.526. The Kier molecular flexibility index (Phi) is 4.45. The molecule has 2 aromatic rings. The number of ketones is 1. The topological polar surface area (TPSA) is 84.3 Å². The Morgan fingerprint density at radius 2 is 1.76 bits per heavy atom. The minimum absolute atomic E-state index is 0.0209. The van der Waals surface area contributed by atoms with Gasteiger partial charge >= 0.3 is 0 Å².